The topological polar surface area (TPSA) is 89.8 Å². The summed E-state index contributed by atoms with van der Waals surface area (Å²) < 4.78 is 0. The van der Waals surface area contributed by atoms with Gasteiger partial charge in [0.1, 0.15) is 11.5 Å². The fourth-order valence-electron chi connectivity index (χ4n) is 1.42. The number of benzene rings is 1. The molecule has 1 aromatic rings. The number of hydroxylamine groups is 1. The molecular formula is C11H15NO4. The molecular weight excluding hydrogens is 210 g/mol. The van der Waals surface area contributed by atoms with Crippen LogP contribution in [0.3, 0.4) is 0 Å². The lowest BCUT2D eigenvalue weighted by atomic mass is 9.85. The van der Waals surface area contributed by atoms with Crippen LogP contribution in [-0.2, 0) is 5.41 Å². The van der Waals surface area contributed by atoms with E-state index in [0.29, 0.717) is 5.56 Å². The van der Waals surface area contributed by atoms with Crippen molar-refractivity contribution in [1.29, 1.82) is 0 Å². The summed E-state index contributed by atoms with van der Waals surface area (Å²) in [6.07, 6.45) is 0. The molecule has 1 aromatic carbocycles. The van der Waals surface area contributed by atoms with Crippen molar-refractivity contribution in [2.24, 2.45) is 0 Å². The van der Waals surface area contributed by atoms with Crippen molar-refractivity contribution in [3.8, 4) is 11.5 Å². The Morgan fingerprint density at radius 2 is 1.75 bits per heavy atom. The zero-order valence-electron chi connectivity index (χ0n) is 9.40. The van der Waals surface area contributed by atoms with Gasteiger partial charge in [-0.25, -0.2) is 5.48 Å². The van der Waals surface area contributed by atoms with E-state index in [-0.39, 0.29) is 22.5 Å². The van der Waals surface area contributed by atoms with Crippen LogP contribution in [0.15, 0.2) is 12.1 Å². The molecule has 0 bridgehead atoms. The van der Waals surface area contributed by atoms with E-state index in [0.717, 1.165) is 6.07 Å². The molecule has 0 unspecified atom stereocenters. The molecule has 0 saturated heterocycles. The fraction of sp³-hybridized carbons (Fsp3) is 0.364. The largest absolute Gasteiger partial charge is 0.508 e. The van der Waals surface area contributed by atoms with Gasteiger partial charge in [-0.3, -0.25) is 10.0 Å². The molecule has 0 spiro atoms. The first-order valence-corrected chi connectivity index (χ1v) is 4.78. The Balaban J connectivity index is 3.33. The zero-order valence-corrected chi connectivity index (χ0v) is 9.40. The van der Waals surface area contributed by atoms with Crippen molar-refractivity contribution in [2.75, 3.05) is 0 Å². The molecule has 0 aliphatic rings. The highest BCUT2D eigenvalue weighted by Gasteiger charge is 2.22. The summed E-state index contributed by atoms with van der Waals surface area (Å²) in [6.45, 7) is 5.61. The Bertz CT molecular complexity index is 421. The minimum atomic E-state index is -0.867. The Morgan fingerprint density at radius 1 is 1.19 bits per heavy atom. The van der Waals surface area contributed by atoms with Gasteiger partial charge in [0.25, 0.3) is 5.91 Å². The average Bonchev–Trinajstić information content (AvgIpc) is 2.18. The predicted octanol–water partition coefficient (Wildman–Crippen LogP) is 1.51. The first kappa shape index (κ1) is 12.3. The number of hydrogen-bond acceptors (Lipinski definition) is 4. The number of rotatable bonds is 1. The fourth-order valence-corrected chi connectivity index (χ4v) is 1.42. The second-order valence-electron chi connectivity index (χ2n) is 4.58. The maximum atomic E-state index is 11.1. The van der Waals surface area contributed by atoms with Crippen LogP contribution < -0.4 is 5.48 Å². The van der Waals surface area contributed by atoms with E-state index in [9.17, 15) is 15.0 Å². The lowest BCUT2D eigenvalue weighted by molar-refractivity contribution is 0.0703. The molecule has 4 N–H and O–H groups in total. The third-order valence-corrected chi connectivity index (χ3v) is 2.27. The van der Waals surface area contributed by atoms with Gasteiger partial charge in [-0.1, -0.05) is 20.8 Å². The number of carbonyl (C=O) groups excluding carboxylic acids is 1. The van der Waals surface area contributed by atoms with Gasteiger partial charge in [0, 0.05) is 5.56 Å². The standard InChI is InChI=1S/C11H15NO4/c1-11(2,3)7-5-8(13)6(4-9(7)14)10(15)12-16/h4-5,13-14,16H,1-3H3,(H,12,15). The Labute approximate surface area is 93.3 Å². The van der Waals surface area contributed by atoms with E-state index in [1.165, 1.54) is 11.5 Å². The van der Waals surface area contributed by atoms with Crippen LogP contribution in [0, 0.1) is 0 Å². The molecule has 5 nitrogen and oxygen atoms in total. The second-order valence-corrected chi connectivity index (χ2v) is 4.58. The molecule has 0 atom stereocenters. The Hall–Kier alpha value is -1.75. The van der Waals surface area contributed by atoms with Gasteiger partial charge in [-0.2, -0.15) is 0 Å². The third kappa shape index (κ3) is 2.25. The van der Waals surface area contributed by atoms with Crippen LogP contribution in [0.5, 0.6) is 11.5 Å². The van der Waals surface area contributed by atoms with Crippen LogP contribution in [-0.4, -0.2) is 21.3 Å². The maximum Gasteiger partial charge on any atom is 0.278 e. The lowest BCUT2D eigenvalue weighted by Crippen LogP contribution is -2.19. The average molecular weight is 225 g/mol. The van der Waals surface area contributed by atoms with E-state index < -0.39 is 5.91 Å². The van der Waals surface area contributed by atoms with Crippen molar-refractivity contribution >= 4 is 5.91 Å². The summed E-state index contributed by atoms with van der Waals surface area (Å²) in [4.78, 5) is 11.1. The second kappa shape index (κ2) is 4.02. The lowest BCUT2D eigenvalue weighted by Gasteiger charge is -2.21. The predicted molar refractivity (Wildman–Crippen MR) is 57.7 cm³/mol. The molecule has 0 saturated carbocycles. The number of hydrogen-bond donors (Lipinski definition) is 4. The number of phenols is 2. The van der Waals surface area contributed by atoms with Gasteiger partial charge < -0.3 is 10.2 Å². The highest BCUT2D eigenvalue weighted by atomic mass is 16.5. The van der Waals surface area contributed by atoms with Crippen LogP contribution in [0.4, 0.5) is 0 Å². The molecule has 88 valence electrons. The number of phenolic OH excluding ortho intramolecular Hbond substituents is 2. The maximum absolute atomic E-state index is 11.1. The van der Waals surface area contributed by atoms with Crippen LogP contribution in [0.2, 0.25) is 0 Å². The molecule has 0 aromatic heterocycles. The number of carbonyl (C=O) groups is 1. The van der Waals surface area contributed by atoms with E-state index in [4.69, 9.17) is 5.21 Å². The molecule has 0 heterocycles. The molecule has 0 aliphatic heterocycles. The van der Waals surface area contributed by atoms with E-state index in [1.54, 1.807) is 0 Å². The normalized spacial score (nSPS) is 11.2. The van der Waals surface area contributed by atoms with Gasteiger partial charge >= 0.3 is 0 Å². The molecule has 1 amide bonds. The van der Waals surface area contributed by atoms with Gasteiger partial charge in [0.15, 0.2) is 0 Å². The smallest absolute Gasteiger partial charge is 0.278 e. The summed E-state index contributed by atoms with van der Waals surface area (Å²) in [5, 5.41) is 27.8. The molecule has 0 fully saturated rings. The van der Waals surface area contributed by atoms with Crippen LogP contribution >= 0.6 is 0 Å². The first-order chi connectivity index (χ1) is 7.27. The third-order valence-electron chi connectivity index (χ3n) is 2.27. The molecule has 0 aliphatic carbocycles. The summed E-state index contributed by atoms with van der Waals surface area (Å²) >= 11 is 0. The van der Waals surface area contributed by atoms with Gasteiger partial charge in [-0.15, -0.1) is 0 Å². The van der Waals surface area contributed by atoms with Crippen molar-refractivity contribution in [1.82, 2.24) is 5.48 Å². The number of amides is 1. The van der Waals surface area contributed by atoms with Crippen molar-refractivity contribution in [2.45, 2.75) is 26.2 Å². The van der Waals surface area contributed by atoms with Crippen LogP contribution in [0.1, 0.15) is 36.7 Å². The summed E-state index contributed by atoms with van der Waals surface area (Å²) in [7, 11) is 0. The van der Waals surface area contributed by atoms with Gasteiger partial charge in [0.2, 0.25) is 0 Å². The SMILES string of the molecule is CC(C)(C)c1cc(O)c(C(=O)NO)cc1O. The van der Waals surface area contributed by atoms with Crippen molar-refractivity contribution in [3.05, 3.63) is 23.3 Å². The van der Waals surface area contributed by atoms with Crippen LogP contribution in [0.25, 0.3) is 0 Å². The summed E-state index contributed by atoms with van der Waals surface area (Å²) in [5.41, 5.74) is 1.40. The van der Waals surface area contributed by atoms with Crippen molar-refractivity contribution < 1.29 is 20.2 Å². The molecule has 5 heteroatoms. The highest BCUT2D eigenvalue weighted by molar-refractivity contribution is 5.96. The molecule has 16 heavy (non-hydrogen) atoms. The monoisotopic (exact) mass is 225 g/mol. The van der Waals surface area contributed by atoms with Gasteiger partial charge in [0.05, 0.1) is 5.56 Å². The highest BCUT2D eigenvalue weighted by Crippen LogP contribution is 2.35. The summed E-state index contributed by atoms with van der Waals surface area (Å²) in [6, 6.07) is 2.45. The minimum Gasteiger partial charge on any atom is -0.508 e. The van der Waals surface area contributed by atoms with E-state index in [1.807, 2.05) is 20.8 Å². The number of aromatic hydroxyl groups is 2. The molecule has 0 radical (unpaired) electrons. The Kier molecular flexibility index (Phi) is 3.09. The molecule has 1 rings (SSSR count). The van der Waals surface area contributed by atoms with Gasteiger partial charge in [-0.05, 0) is 17.5 Å². The Morgan fingerprint density at radius 3 is 2.19 bits per heavy atom. The van der Waals surface area contributed by atoms with E-state index >= 15 is 0 Å². The van der Waals surface area contributed by atoms with E-state index in [2.05, 4.69) is 0 Å². The zero-order chi connectivity index (χ0) is 12.5. The van der Waals surface area contributed by atoms with Crippen molar-refractivity contribution in [3.63, 3.8) is 0 Å². The minimum absolute atomic E-state index is 0.0936. The first-order valence-electron chi connectivity index (χ1n) is 4.78. The number of nitrogens with one attached hydrogen (secondary N) is 1. The summed E-state index contributed by atoms with van der Waals surface area (Å²) in [5.74, 6) is -1.24. The quantitative estimate of drug-likeness (QED) is 0.331.